The maximum Gasteiger partial charge on any atom is 0.0233 e. The molecule has 0 fully saturated rings. The van der Waals surface area contributed by atoms with Crippen LogP contribution in [0, 0.1) is 0 Å². The van der Waals surface area contributed by atoms with Crippen LogP contribution < -0.4 is 0 Å². The molecule has 0 saturated heterocycles. The average Bonchev–Trinajstić information content (AvgIpc) is 2.25. The molecule has 0 aromatic rings. The van der Waals surface area contributed by atoms with Gasteiger partial charge in [0.1, 0.15) is 0 Å². The van der Waals surface area contributed by atoms with Gasteiger partial charge in [-0.05, 0) is 49.3 Å². The number of rotatable bonds is 0. The Morgan fingerprint density at radius 3 is 3.00 bits per heavy atom. The summed E-state index contributed by atoms with van der Waals surface area (Å²) in [6, 6.07) is 0. The first kappa shape index (κ1) is 8.55. The van der Waals surface area contributed by atoms with Crippen molar-refractivity contribution in [1.82, 2.24) is 4.90 Å². The summed E-state index contributed by atoms with van der Waals surface area (Å²) in [6.45, 7) is 4.38. The number of hydrogen-bond acceptors (Lipinski definition) is 1. The first-order chi connectivity index (χ1) is 6.25. The minimum atomic E-state index is 1.08. The molecule has 1 nitrogen and oxygen atoms in total. The van der Waals surface area contributed by atoms with Crippen molar-refractivity contribution in [3.8, 4) is 0 Å². The summed E-state index contributed by atoms with van der Waals surface area (Å²) >= 11 is 0. The van der Waals surface area contributed by atoms with Crippen LogP contribution in [0.15, 0.2) is 40.7 Å². The van der Waals surface area contributed by atoms with E-state index in [2.05, 4.69) is 42.8 Å². The van der Waals surface area contributed by atoms with Gasteiger partial charge in [-0.2, -0.15) is 0 Å². The number of hydrogen-bond donors (Lipinski definition) is 0. The predicted octanol–water partition coefficient (Wildman–Crippen LogP) is 2.29. The largest absolute Gasteiger partial charge is 0.302 e. The predicted molar refractivity (Wildman–Crippen MR) is 55.6 cm³/mol. The van der Waals surface area contributed by atoms with Crippen molar-refractivity contribution in [1.29, 1.82) is 0 Å². The fraction of sp³-hybridized carbons (Fsp3) is 0.417. The zero-order valence-electron chi connectivity index (χ0n) is 8.30. The van der Waals surface area contributed by atoms with Crippen LogP contribution in [0.4, 0.5) is 0 Å². The minimum absolute atomic E-state index is 1.08. The van der Waals surface area contributed by atoms with Crippen LogP contribution in [0.1, 0.15) is 13.3 Å². The Morgan fingerprint density at radius 1 is 1.31 bits per heavy atom. The molecule has 0 aromatic carbocycles. The molecule has 0 spiro atoms. The molecular weight excluding hydrogens is 158 g/mol. The van der Waals surface area contributed by atoms with Gasteiger partial charge in [-0.3, -0.25) is 0 Å². The number of nitrogens with zero attached hydrogens (tertiary/aromatic N) is 1. The highest BCUT2D eigenvalue weighted by Gasteiger charge is 2.13. The summed E-state index contributed by atoms with van der Waals surface area (Å²) < 4.78 is 0. The van der Waals surface area contributed by atoms with E-state index in [-0.39, 0.29) is 0 Å². The highest BCUT2D eigenvalue weighted by molar-refractivity contribution is 5.42. The molecule has 2 aliphatic rings. The van der Waals surface area contributed by atoms with E-state index in [1.165, 1.54) is 23.3 Å². The molecule has 1 heteroatoms. The summed E-state index contributed by atoms with van der Waals surface area (Å²) in [5.74, 6) is 0. The maximum atomic E-state index is 3.22. The van der Waals surface area contributed by atoms with E-state index in [0.29, 0.717) is 0 Å². The van der Waals surface area contributed by atoms with Crippen molar-refractivity contribution in [2.75, 3.05) is 20.1 Å². The maximum absolute atomic E-state index is 3.22. The van der Waals surface area contributed by atoms with Crippen LogP contribution in [0.5, 0.6) is 0 Å². The van der Waals surface area contributed by atoms with Crippen LogP contribution in [-0.4, -0.2) is 25.0 Å². The Bertz CT molecular complexity index is 338. The van der Waals surface area contributed by atoms with E-state index in [0.717, 1.165) is 13.0 Å². The molecule has 0 radical (unpaired) electrons. The van der Waals surface area contributed by atoms with E-state index < -0.39 is 0 Å². The smallest absolute Gasteiger partial charge is 0.0233 e. The molecule has 1 aliphatic heterocycles. The SMILES string of the molecule is CC1=CC2=C(C=C=C1)CCN(C)C2. The van der Waals surface area contributed by atoms with Gasteiger partial charge in [0.05, 0.1) is 0 Å². The van der Waals surface area contributed by atoms with Gasteiger partial charge >= 0.3 is 0 Å². The fourth-order valence-corrected chi connectivity index (χ4v) is 1.84. The summed E-state index contributed by atoms with van der Waals surface area (Å²) in [5, 5.41) is 0. The molecular formula is C12H15N. The highest BCUT2D eigenvalue weighted by atomic mass is 15.1. The minimum Gasteiger partial charge on any atom is -0.302 e. The molecule has 68 valence electrons. The second kappa shape index (κ2) is 3.37. The van der Waals surface area contributed by atoms with Crippen LogP contribution >= 0.6 is 0 Å². The van der Waals surface area contributed by atoms with Gasteiger partial charge in [0, 0.05) is 13.1 Å². The Balaban J connectivity index is 2.37. The molecule has 13 heavy (non-hydrogen) atoms. The van der Waals surface area contributed by atoms with Crippen LogP contribution in [0.3, 0.4) is 0 Å². The second-order valence-electron chi connectivity index (χ2n) is 3.88. The first-order valence-electron chi connectivity index (χ1n) is 4.77. The third kappa shape index (κ3) is 1.82. The van der Waals surface area contributed by atoms with E-state index >= 15 is 0 Å². The Kier molecular flexibility index (Phi) is 2.22. The Labute approximate surface area is 79.7 Å². The molecule has 0 N–H and O–H groups in total. The lowest BCUT2D eigenvalue weighted by atomic mass is 10.00. The number of allylic oxidation sites excluding steroid dienone is 2. The summed E-state index contributed by atoms with van der Waals surface area (Å²) in [7, 11) is 2.18. The lowest BCUT2D eigenvalue weighted by Crippen LogP contribution is -2.27. The Hall–Kier alpha value is -1.04. The van der Waals surface area contributed by atoms with Gasteiger partial charge in [-0.15, -0.1) is 5.73 Å². The quantitative estimate of drug-likeness (QED) is 0.508. The van der Waals surface area contributed by atoms with Gasteiger partial charge in [-0.25, -0.2) is 0 Å². The van der Waals surface area contributed by atoms with Gasteiger partial charge in [0.2, 0.25) is 0 Å². The average molecular weight is 173 g/mol. The van der Waals surface area contributed by atoms with Crippen molar-refractivity contribution < 1.29 is 0 Å². The van der Waals surface area contributed by atoms with E-state index in [1.54, 1.807) is 0 Å². The standard InChI is InChI=1S/C12H15N/c1-10-4-3-5-11-6-7-13(2)9-12(11)8-10/h4-5,8H,6-7,9H2,1-2H3. The first-order valence-corrected chi connectivity index (χ1v) is 4.77. The van der Waals surface area contributed by atoms with Crippen molar-refractivity contribution in [2.45, 2.75) is 13.3 Å². The Morgan fingerprint density at radius 2 is 2.15 bits per heavy atom. The van der Waals surface area contributed by atoms with Crippen molar-refractivity contribution in [3.63, 3.8) is 0 Å². The van der Waals surface area contributed by atoms with Gasteiger partial charge in [0.15, 0.2) is 0 Å². The lowest BCUT2D eigenvalue weighted by Gasteiger charge is -2.24. The van der Waals surface area contributed by atoms with Gasteiger partial charge in [-0.1, -0.05) is 6.08 Å². The molecule has 1 heterocycles. The zero-order valence-corrected chi connectivity index (χ0v) is 8.30. The molecule has 1 aliphatic carbocycles. The molecule has 0 saturated carbocycles. The second-order valence-corrected chi connectivity index (χ2v) is 3.88. The van der Waals surface area contributed by atoms with Crippen molar-refractivity contribution >= 4 is 0 Å². The molecule has 0 unspecified atom stereocenters. The van der Waals surface area contributed by atoms with Crippen LogP contribution in [0.25, 0.3) is 0 Å². The third-order valence-electron chi connectivity index (χ3n) is 2.59. The number of likely N-dealkylation sites (N-methyl/N-ethyl adjacent to an activating group) is 1. The zero-order chi connectivity index (χ0) is 9.26. The van der Waals surface area contributed by atoms with Crippen LogP contribution in [-0.2, 0) is 0 Å². The molecule has 2 rings (SSSR count). The fourth-order valence-electron chi connectivity index (χ4n) is 1.84. The molecule has 0 aromatic heterocycles. The van der Waals surface area contributed by atoms with Crippen LogP contribution in [0.2, 0.25) is 0 Å². The molecule has 0 atom stereocenters. The summed E-state index contributed by atoms with van der Waals surface area (Å²) in [4.78, 5) is 2.36. The summed E-state index contributed by atoms with van der Waals surface area (Å²) in [6.07, 6.45) is 7.63. The summed E-state index contributed by atoms with van der Waals surface area (Å²) in [5.41, 5.74) is 7.45. The third-order valence-corrected chi connectivity index (χ3v) is 2.59. The van der Waals surface area contributed by atoms with E-state index in [9.17, 15) is 0 Å². The van der Waals surface area contributed by atoms with Gasteiger partial charge < -0.3 is 4.90 Å². The van der Waals surface area contributed by atoms with Gasteiger partial charge in [0.25, 0.3) is 0 Å². The topological polar surface area (TPSA) is 3.24 Å². The monoisotopic (exact) mass is 173 g/mol. The van der Waals surface area contributed by atoms with Crippen molar-refractivity contribution in [3.05, 3.63) is 40.7 Å². The lowest BCUT2D eigenvalue weighted by molar-refractivity contribution is 0.354. The molecule has 0 amide bonds. The van der Waals surface area contributed by atoms with E-state index in [4.69, 9.17) is 0 Å². The van der Waals surface area contributed by atoms with Crippen molar-refractivity contribution in [2.24, 2.45) is 0 Å². The molecule has 0 bridgehead atoms. The van der Waals surface area contributed by atoms with E-state index in [1.807, 2.05) is 0 Å². The normalized spacial score (nSPS) is 22.8. The highest BCUT2D eigenvalue weighted by Crippen LogP contribution is 2.21.